The van der Waals surface area contributed by atoms with Crippen molar-refractivity contribution in [2.24, 2.45) is 11.8 Å². The normalized spacial score (nSPS) is 25.1. The molecule has 2 aliphatic rings. The van der Waals surface area contributed by atoms with Gasteiger partial charge in [-0.25, -0.2) is 0 Å². The highest BCUT2D eigenvalue weighted by molar-refractivity contribution is 6.24. The van der Waals surface area contributed by atoms with Crippen molar-refractivity contribution in [3.63, 3.8) is 0 Å². The summed E-state index contributed by atoms with van der Waals surface area (Å²) in [6.45, 7) is 12.4. The van der Waals surface area contributed by atoms with E-state index in [9.17, 15) is 10.2 Å². The van der Waals surface area contributed by atoms with E-state index in [2.05, 4.69) is 58.1 Å². The molecule has 2 unspecified atom stereocenters. The molecule has 0 aliphatic heterocycles. The van der Waals surface area contributed by atoms with Gasteiger partial charge in [-0.3, -0.25) is 0 Å². The van der Waals surface area contributed by atoms with Crippen molar-refractivity contribution in [2.75, 3.05) is 0 Å². The molecule has 0 saturated heterocycles. The van der Waals surface area contributed by atoms with E-state index in [1.165, 1.54) is 22.3 Å². The lowest BCUT2D eigenvalue weighted by molar-refractivity contribution is 0.280. The van der Waals surface area contributed by atoms with Crippen molar-refractivity contribution >= 4 is 7.85 Å². The fourth-order valence-electron chi connectivity index (χ4n) is 4.42. The van der Waals surface area contributed by atoms with Gasteiger partial charge >= 0.3 is 0 Å². The van der Waals surface area contributed by atoms with Crippen molar-refractivity contribution in [3.05, 3.63) is 80.8 Å². The van der Waals surface area contributed by atoms with Gasteiger partial charge in [0.2, 0.25) is 0 Å². The summed E-state index contributed by atoms with van der Waals surface area (Å²) < 4.78 is 0. The lowest BCUT2D eigenvalue weighted by Gasteiger charge is -2.33. The Morgan fingerprint density at radius 1 is 1.21 bits per heavy atom. The second-order valence-electron chi connectivity index (χ2n) is 7.85. The van der Waals surface area contributed by atoms with Crippen LogP contribution in [-0.2, 0) is 0 Å². The molecule has 0 amide bonds. The van der Waals surface area contributed by atoms with Crippen molar-refractivity contribution < 1.29 is 10.2 Å². The van der Waals surface area contributed by atoms with Crippen LogP contribution in [0.5, 0.6) is 0 Å². The van der Waals surface area contributed by atoms with E-state index in [-0.39, 0.29) is 28.8 Å². The van der Waals surface area contributed by atoms with E-state index in [0.29, 0.717) is 6.42 Å². The summed E-state index contributed by atoms with van der Waals surface area (Å²) in [4.78, 5) is 0. The summed E-state index contributed by atoms with van der Waals surface area (Å²) in [5.74, 6) is -0.0950. The number of aliphatic hydroxyl groups excluding tert-OH is 2. The Bertz CT molecular complexity index is 844. The quantitative estimate of drug-likeness (QED) is 0.404. The Morgan fingerprint density at radius 3 is 2.43 bits per heavy atom. The van der Waals surface area contributed by atoms with E-state index in [1.807, 2.05) is 13.8 Å². The van der Waals surface area contributed by atoms with Crippen molar-refractivity contribution in [1.82, 2.24) is 0 Å². The minimum Gasteiger partial charge on any atom is -0.512 e. The molecule has 0 aromatic rings. The molecule has 0 aromatic heterocycles. The molecule has 2 aliphatic carbocycles. The molecule has 0 aromatic carbocycles. The number of aliphatic hydroxyl groups is 2. The third-order valence-corrected chi connectivity index (χ3v) is 5.96. The molecule has 2 atom stereocenters. The highest BCUT2D eigenvalue weighted by atomic mass is 16.3. The van der Waals surface area contributed by atoms with Crippen LogP contribution in [0.25, 0.3) is 0 Å². The van der Waals surface area contributed by atoms with Crippen LogP contribution in [0.15, 0.2) is 80.8 Å². The van der Waals surface area contributed by atoms with Crippen LogP contribution in [0.1, 0.15) is 60.8 Å². The van der Waals surface area contributed by atoms with E-state index in [0.717, 1.165) is 24.0 Å². The van der Waals surface area contributed by atoms with Gasteiger partial charge in [0.05, 0.1) is 5.76 Å². The van der Waals surface area contributed by atoms with Crippen LogP contribution in [0.2, 0.25) is 0 Å². The van der Waals surface area contributed by atoms with Crippen LogP contribution >= 0.6 is 0 Å². The zero-order valence-corrected chi connectivity index (χ0v) is 18.1. The maximum absolute atomic E-state index is 10.5. The molecule has 0 saturated carbocycles. The van der Waals surface area contributed by atoms with Gasteiger partial charge < -0.3 is 10.2 Å². The fourth-order valence-corrected chi connectivity index (χ4v) is 4.42. The van der Waals surface area contributed by atoms with Crippen molar-refractivity contribution in [3.8, 4) is 0 Å². The second-order valence-corrected chi connectivity index (χ2v) is 7.85. The molecule has 3 heteroatoms. The fraction of sp³-hybridized carbons (Fsp3) is 0.440. The Balaban J connectivity index is 2.56. The molecule has 0 spiro atoms. The molecule has 0 bridgehead atoms. The molecule has 0 heterocycles. The first-order valence-corrected chi connectivity index (χ1v) is 10.2. The summed E-state index contributed by atoms with van der Waals surface area (Å²) in [5.41, 5.74) is 7.09. The van der Waals surface area contributed by atoms with Gasteiger partial charge in [0.25, 0.3) is 0 Å². The molecule has 2 rings (SSSR count). The van der Waals surface area contributed by atoms with Crippen LogP contribution in [0.4, 0.5) is 0 Å². The third kappa shape index (κ3) is 4.29. The van der Waals surface area contributed by atoms with E-state index < -0.39 is 0 Å². The SMILES string of the molecule is [B]C1=C(O)C(C)C(/C(C)=C/C(C)=C(C2=CCCC=C2)\C(C)=C\C)C(CC)=C1O. The summed E-state index contributed by atoms with van der Waals surface area (Å²) in [6, 6.07) is 0. The van der Waals surface area contributed by atoms with Crippen LogP contribution in [-0.4, -0.2) is 18.1 Å². The smallest absolute Gasteiger partial charge is 0.123 e. The van der Waals surface area contributed by atoms with Crippen LogP contribution in [0, 0.1) is 11.8 Å². The molecule has 148 valence electrons. The van der Waals surface area contributed by atoms with Gasteiger partial charge in [0.15, 0.2) is 0 Å². The first-order valence-electron chi connectivity index (χ1n) is 10.2. The van der Waals surface area contributed by atoms with Crippen molar-refractivity contribution in [1.29, 1.82) is 0 Å². The first-order chi connectivity index (χ1) is 13.2. The monoisotopic (exact) mass is 376 g/mol. The minimum absolute atomic E-state index is 0.0419. The average molecular weight is 376 g/mol. The Kier molecular flexibility index (Phi) is 7.40. The van der Waals surface area contributed by atoms with E-state index in [4.69, 9.17) is 7.85 Å². The van der Waals surface area contributed by atoms with Gasteiger partial charge in [-0.1, -0.05) is 49.8 Å². The number of hydrogen-bond acceptors (Lipinski definition) is 2. The van der Waals surface area contributed by atoms with E-state index >= 15 is 0 Å². The predicted octanol–water partition coefficient (Wildman–Crippen LogP) is 6.92. The Labute approximate surface area is 171 Å². The highest BCUT2D eigenvalue weighted by Gasteiger charge is 2.33. The molecular weight excluding hydrogens is 343 g/mol. The van der Waals surface area contributed by atoms with Crippen molar-refractivity contribution in [2.45, 2.75) is 60.8 Å². The van der Waals surface area contributed by atoms with Gasteiger partial charge in [-0.15, -0.1) is 0 Å². The second kappa shape index (κ2) is 9.36. The summed E-state index contributed by atoms with van der Waals surface area (Å²) in [6.07, 6.45) is 13.9. The largest absolute Gasteiger partial charge is 0.512 e. The maximum atomic E-state index is 10.5. The summed E-state index contributed by atoms with van der Waals surface area (Å²) >= 11 is 0. The molecule has 0 fully saturated rings. The van der Waals surface area contributed by atoms with Crippen LogP contribution in [0.3, 0.4) is 0 Å². The standard InChI is InChI=1S/C25H33BO2/c1-7-15(3)21(19-12-10-9-11-13-19)16(4)14-17(5)22-18(6)24(27)23(26)25(28)20(22)8-2/h7,10,12-14,18,22,27-28H,8-9,11H2,1-6H3/b15-7+,17-14+,21-16+. The number of allylic oxidation sites excluding steroid dienone is 13. The predicted molar refractivity (Wildman–Crippen MR) is 120 cm³/mol. The Hall–Kier alpha value is -2.16. The molecule has 28 heavy (non-hydrogen) atoms. The highest BCUT2D eigenvalue weighted by Crippen LogP contribution is 2.42. The zero-order chi connectivity index (χ0) is 21.0. The Morgan fingerprint density at radius 2 is 1.89 bits per heavy atom. The van der Waals surface area contributed by atoms with Gasteiger partial charge in [0.1, 0.15) is 13.6 Å². The first kappa shape index (κ1) is 22.1. The lowest BCUT2D eigenvalue weighted by atomic mass is 9.70. The molecule has 2 N–H and O–H groups in total. The lowest BCUT2D eigenvalue weighted by Crippen LogP contribution is -2.25. The number of hydrogen-bond donors (Lipinski definition) is 2. The zero-order valence-electron chi connectivity index (χ0n) is 18.1. The third-order valence-electron chi connectivity index (χ3n) is 5.96. The van der Waals surface area contributed by atoms with Gasteiger partial charge in [0, 0.05) is 11.8 Å². The van der Waals surface area contributed by atoms with Gasteiger partial charge in [-0.05, 0) is 80.3 Å². The average Bonchev–Trinajstić information content (AvgIpc) is 2.69. The molecular formula is C25H33BO2. The van der Waals surface area contributed by atoms with E-state index in [1.54, 1.807) is 0 Å². The summed E-state index contributed by atoms with van der Waals surface area (Å²) in [7, 11) is 5.92. The topological polar surface area (TPSA) is 40.5 Å². The minimum atomic E-state index is -0.157. The molecule has 2 radical (unpaired) electrons. The van der Waals surface area contributed by atoms with Gasteiger partial charge in [-0.2, -0.15) is 0 Å². The summed E-state index contributed by atoms with van der Waals surface area (Å²) in [5, 5.41) is 20.9. The number of rotatable bonds is 5. The molecule has 2 nitrogen and oxygen atoms in total. The maximum Gasteiger partial charge on any atom is 0.123 e. The van der Waals surface area contributed by atoms with Crippen LogP contribution < -0.4 is 0 Å².